The predicted octanol–water partition coefficient (Wildman–Crippen LogP) is -0.508. The lowest BCUT2D eigenvalue weighted by Crippen LogP contribution is -3.10. The highest BCUT2D eigenvalue weighted by Crippen LogP contribution is 2.01. The molecule has 0 fully saturated rings. The topological polar surface area (TPSA) is 76.9 Å². The zero-order chi connectivity index (χ0) is 14.0. The third-order valence-electron chi connectivity index (χ3n) is 2.59. The molecule has 0 spiro atoms. The van der Waals surface area contributed by atoms with Crippen LogP contribution in [0, 0.1) is 6.92 Å². The van der Waals surface area contributed by atoms with E-state index in [4.69, 9.17) is 14.0 Å². The first-order valence-corrected chi connectivity index (χ1v) is 6.82. The van der Waals surface area contributed by atoms with Gasteiger partial charge in [0.1, 0.15) is 6.54 Å². The SMILES string of the molecule is CC[NH+](CC)Cc1cccc(C)c1.O=S([O-])O[O-]. The lowest BCUT2D eigenvalue weighted by Gasteiger charge is -2.15. The van der Waals surface area contributed by atoms with Crippen molar-refractivity contribution in [3.63, 3.8) is 0 Å². The molecule has 104 valence electrons. The van der Waals surface area contributed by atoms with Gasteiger partial charge in [-0.05, 0) is 20.8 Å². The lowest BCUT2D eigenvalue weighted by atomic mass is 10.1. The van der Waals surface area contributed by atoms with Crippen LogP contribution in [0.25, 0.3) is 0 Å². The number of aryl methyl sites for hydroxylation is 1. The molecule has 0 aliphatic heterocycles. The summed E-state index contributed by atoms with van der Waals surface area (Å²) in [5.41, 5.74) is 2.82. The molecule has 0 saturated carbocycles. The highest BCUT2D eigenvalue weighted by atomic mass is 32.2. The Bertz CT molecular complexity index is 356. The molecule has 1 atom stereocenters. The average Bonchev–Trinajstić information content (AvgIpc) is 2.36. The van der Waals surface area contributed by atoms with Crippen molar-refractivity contribution in [2.75, 3.05) is 13.1 Å². The van der Waals surface area contributed by atoms with Crippen molar-refractivity contribution in [1.82, 2.24) is 0 Å². The maximum atomic E-state index is 8.83. The summed E-state index contributed by atoms with van der Waals surface area (Å²) >= 11 is -2.88. The smallest absolute Gasteiger partial charge is 0.103 e. The predicted molar refractivity (Wildman–Crippen MR) is 66.9 cm³/mol. The second kappa shape index (κ2) is 10.2. The van der Waals surface area contributed by atoms with E-state index in [1.165, 1.54) is 24.2 Å². The van der Waals surface area contributed by atoms with E-state index in [2.05, 4.69) is 49.4 Å². The Labute approximate surface area is 111 Å². The fourth-order valence-electron chi connectivity index (χ4n) is 1.61. The zero-order valence-electron chi connectivity index (χ0n) is 11.0. The number of hydrogen-bond acceptors (Lipinski definition) is 4. The molecule has 0 radical (unpaired) electrons. The Morgan fingerprint density at radius 1 is 1.33 bits per heavy atom. The fourth-order valence-corrected chi connectivity index (χ4v) is 1.61. The number of rotatable bonds is 5. The molecule has 1 unspecified atom stereocenters. The van der Waals surface area contributed by atoms with E-state index in [1.807, 2.05) is 0 Å². The van der Waals surface area contributed by atoms with Crippen molar-refractivity contribution in [2.45, 2.75) is 27.3 Å². The van der Waals surface area contributed by atoms with Crippen LogP contribution in [0.4, 0.5) is 0 Å². The second-order valence-electron chi connectivity index (χ2n) is 3.90. The van der Waals surface area contributed by atoms with Crippen LogP contribution < -0.4 is 10.2 Å². The van der Waals surface area contributed by atoms with Crippen molar-refractivity contribution in [3.05, 3.63) is 35.4 Å². The van der Waals surface area contributed by atoms with Crippen molar-refractivity contribution in [3.8, 4) is 0 Å². The maximum absolute atomic E-state index is 8.83. The van der Waals surface area contributed by atoms with Gasteiger partial charge in [-0.15, -0.1) is 0 Å². The molecule has 1 aromatic carbocycles. The molecule has 6 heteroatoms. The normalized spacial score (nSPS) is 11.9. The second-order valence-corrected chi connectivity index (χ2v) is 4.44. The molecule has 5 nitrogen and oxygen atoms in total. The summed E-state index contributed by atoms with van der Waals surface area (Å²) in [6, 6.07) is 8.80. The molecular formula is C12H20NO4S-. The molecule has 18 heavy (non-hydrogen) atoms. The summed E-state index contributed by atoms with van der Waals surface area (Å²) in [6.45, 7) is 10.2. The first kappa shape index (κ1) is 17.2. The molecule has 1 N–H and O–H groups in total. The summed E-state index contributed by atoms with van der Waals surface area (Å²) in [5.74, 6) is 0. The Balaban J connectivity index is 0.000000494. The van der Waals surface area contributed by atoms with E-state index in [1.54, 1.807) is 4.90 Å². The molecule has 0 heterocycles. The van der Waals surface area contributed by atoms with Gasteiger partial charge in [0.2, 0.25) is 0 Å². The maximum Gasteiger partial charge on any atom is 0.103 e. The van der Waals surface area contributed by atoms with E-state index >= 15 is 0 Å². The first-order valence-electron chi connectivity index (χ1n) is 5.82. The average molecular weight is 274 g/mol. The van der Waals surface area contributed by atoms with Crippen LogP contribution in [0.1, 0.15) is 25.0 Å². The van der Waals surface area contributed by atoms with Gasteiger partial charge < -0.3 is 19.0 Å². The Morgan fingerprint density at radius 3 is 2.28 bits per heavy atom. The van der Waals surface area contributed by atoms with Gasteiger partial charge in [0.05, 0.1) is 24.5 Å². The molecule has 0 aromatic heterocycles. The van der Waals surface area contributed by atoms with Gasteiger partial charge in [0.15, 0.2) is 0 Å². The summed E-state index contributed by atoms with van der Waals surface area (Å²) in [4.78, 5) is 1.64. The van der Waals surface area contributed by atoms with Crippen LogP contribution >= 0.6 is 0 Å². The van der Waals surface area contributed by atoms with Crippen LogP contribution in [-0.2, 0) is 22.2 Å². The third kappa shape index (κ3) is 8.32. The van der Waals surface area contributed by atoms with Gasteiger partial charge >= 0.3 is 0 Å². The molecular weight excluding hydrogens is 254 g/mol. The van der Waals surface area contributed by atoms with Crippen LogP contribution in [0.5, 0.6) is 0 Å². The van der Waals surface area contributed by atoms with Crippen LogP contribution in [0.2, 0.25) is 0 Å². The van der Waals surface area contributed by atoms with Gasteiger partial charge in [-0.25, -0.2) is 4.21 Å². The van der Waals surface area contributed by atoms with E-state index in [-0.39, 0.29) is 0 Å². The number of nitrogens with one attached hydrogen (secondary N) is 1. The fraction of sp³-hybridized carbons (Fsp3) is 0.500. The minimum atomic E-state index is -2.88. The number of quaternary nitrogens is 1. The minimum Gasteiger partial charge on any atom is -0.750 e. The number of benzene rings is 1. The van der Waals surface area contributed by atoms with Crippen LogP contribution in [0.3, 0.4) is 0 Å². The van der Waals surface area contributed by atoms with E-state index in [0.29, 0.717) is 0 Å². The van der Waals surface area contributed by atoms with Gasteiger partial charge in [0.25, 0.3) is 0 Å². The Morgan fingerprint density at radius 2 is 1.89 bits per heavy atom. The van der Waals surface area contributed by atoms with Crippen LogP contribution in [0.15, 0.2) is 24.3 Å². The van der Waals surface area contributed by atoms with E-state index in [0.717, 1.165) is 6.54 Å². The van der Waals surface area contributed by atoms with Gasteiger partial charge in [-0.2, -0.15) is 0 Å². The Hall–Kier alpha value is -0.790. The van der Waals surface area contributed by atoms with Gasteiger partial charge in [-0.1, -0.05) is 29.8 Å². The molecule has 0 amide bonds. The van der Waals surface area contributed by atoms with Crippen molar-refractivity contribution < 1.29 is 23.3 Å². The van der Waals surface area contributed by atoms with E-state index in [9.17, 15) is 0 Å². The zero-order valence-corrected chi connectivity index (χ0v) is 11.8. The summed E-state index contributed by atoms with van der Waals surface area (Å²) in [7, 11) is 0. The van der Waals surface area contributed by atoms with Gasteiger partial charge in [0, 0.05) is 5.56 Å². The minimum absolute atomic E-state index is 1.16. The molecule has 1 aromatic rings. The van der Waals surface area contributed by atoms with E-state index < -0.39 is 11.4 Å². The lowest BCUT2D eigenvalue weighted by molar-refractivity contribution is -0.910. The molecule has 1 rings (SSSR count). The summed E-state index contributed by atoms with van der Waals surface area (Å²) in [6.07, 6.45) is 0. The molecule has 0 saturated heterocycles. The largest absolute Gasteiger partial charge is 0.750 e. The molecule has 0 aliphatic rings. The van der Waals surface area contributed by atoms with Crippen molar-refractivity contribution in [1.29, 1.82) is 0 Å². The van der Waals surface area contributed by atoms with Crippen molar-refractivity contribution >= 4 is 11.4 Å². The first-order chi connectivity index (χ1) is 8.53. The highest BCUT2D eigenvalue weighted by Gasteiger charge is 2.03. The Kier molecular flexibility index (Phi) is 9.72. The monoisotopic (exact) mass is 274 g/mol. The molecule has 0 aliphatic carbocycles. The summed E-state index contributed by atoms with van der Waals surface area (Å²) in [5, 5.41) is 8.52. The third-order valence-corrected chi connectivity index (χ3v) is 2.70. The van der Waals surface area contributed by atoms with Crippen molar-refractivity contribution in [2.24, 2.45) is 0 Å². The number of hydrogen-bond donors (Lipinski definition) is 1. The molecule has 0 bridgehead atoms. The standard InChI is InChI=1S/C12H19N.H2O4S/c1-4-13(5-2)10-12-8-6-7-11(3)9-12;1-4-5(2)3/h6-9H,4-5,10H2,1-3H3;1H,(H,2,3)/p-1. The summed E-state index contributed by atoms with van der Waals surface area (Å²) < 4.78 is 20.1. The van der Waals surface area contributed by atoms with Crippen LogP contribution in [-0.4, -0.2) is 21.9 Å². The quantitative estimate of drug-likeness (QED) is 0.446. The van der Waals surface area contributed by atoms with Gasteiger partial charge in [-0.3, -0.25) is 0 Å². The highest BCUT2D eigenvalue weighted by molar-refractivity contribution is 7.73.